The first kappa shape index (κ1) is 18.5. The molecule has 31 heavy (non-hydrogen) atoms. The number of hydrogen-bond donors (Lipinski definition) is 0. The van der Waals surface area contributed by atoms with Gasteiger partial charge in [-0.25, -0.2) is 0 Å². The van der Waals surface area contributed by atoms with Gasteiger partial charge in [-0.1, -0.05) is 97.0 Å². The largest absolute Gasteiger partial charge is 0.382 e. The summed E-state index contributed by atoms with van der Waals surface area (Å²) in [6, 6.07) is 34.9. The summed E-state index contributed by atoms with van der Waals surface area (Å²) in [6.45, 7) is 0.164. The predicted octanol–water partition coefficient (Wildman–Crippen LogP) is 7.05. The number of anilines is 1. The van der Waals surface area contributed by atoms with E-state index in [1.54, 1.807) is 0 Å². The van der Waals surface area contributed by atoms with Gasteiger partial charge in [0, 0.05) is 21.9 Å². The van der Waals surface area contributed by atoms with E-state index >= 15 is 0 Å². The van der Waals surface area contributed by atoms with E-state index in [2.05, 4.69) is 136 Å². The van der Waals surface area contributed by atoms with Gasteiger partial charge in [0.05, 0.1) is 0 Å². The van der Waals surface area contributed by atoms with Crippen LogP contribution in [0.1, 0.15) is 0 Å². The molecule has 0 spiro atoms. The maximum atomic E-state index is 3.68. The first-order valence-electron chi connectivity index (χ1n) is 10.5. The number of fused-ring (bicyclic) bond motifs is 6. The number of rotatable bonds is 2. The highest BCUT2D eigenvalue weighted by atomic mass is 79.9. The lowest BCUT2D eigenvalue weighted by Gasteiger charge is -2.38. The molecule has 0 unspecified atom stereocenters. The average Bonchev–Trinajstić information content (AvgIpc) is 2.84. The van der Waals surface area contributed by atoms with Gasteiger partial charge < -0.3 is 4.81 Å². The molecule has 3 heteroatoms. The molecule has 0 bridgehead atoms. The minimum atomic E-state index is 0.164. The molecule has 1 nitrogen and oxygen atoms in total. The van der Waals surface area contributed by atoms with Crippen LogP contribution < -0.4 is 10.3 Å². The molecule has 146 valence electrons. The van der Waals surface area contributed by atoms with Crippen molar-refractivity contribution in [3.63, 3.8) is 0 Å². The molecule has 0 aliphatic carbocycles. The highest BCUT2D eigenvalue weighted by Crippen LogP contribution is 2.43. The number of benzene rings is 4. The van der Waals surface area contributed by atoms with Crippen molar-refractivity contribution in [2.75, 3.05) is 4.81 Å². The second-order valence-electron chi connectivity index (χ2n) is 7.96. The zero-order valence-electron chi connectivity index (χ0n) is 16.9. The Morgan fingerprint density at radius 3 is 2.10 bits per heavy atom. The Labute approximate surface area is 191 Å². The molecule has 0 aromatic heterocycles. The first-order chi connectivity index (χ1) is 15.3. The van der Waals surface area contributed by atoms with Crippen LogP contribution in [0.3, 0.4) is 0 Å². The Kier molecular flexibility index (Phi) is 4.43. The van der Waals surface area contributed by atoms with E-state index in [1.807, 2.05) is 0 Å². The minimum absolute atomic E-state index is 0.164. The van der Waals surface area contributed by atoms with Gasteiger partial charge in [0.25, 0.3) is 0 Å². The van der Waals surface area contributed by atoms with Gasteiger partial charge in [0.2, 0.25) is 0 Å². The number of halogens is 1. The summed E-state index contributed by atoms with van der Waals surface area (Å²) in [7, 11) is 0. The van der Waals surface area contributed by atoms with Crippen LogP contribution in [0.4, 0.5) is 5.69 Å². The molecule has 0 saturated carbocycles. The van der Waals surface area contributed by atoms with Gasteiger partial charge in [-0.05, 0) is 61.3 Å². The zero-order chi connectivity index (χ0) is 20.8. The molecule has 2 aliphatic heterocycles. The molecule has 0 fully saturated rings. The summed E-state index contributed by atoms with van der Waals surface area (Å²) in [4.78, 5) is 2.38. The lowest BCUT2D eigenvalue weighted by Crippen LogP contribution is -2.49. The summed E-state index contributed by atoms with van der Waals surface area (Å²) in [6.07, 6.45) is 4.36. The van der Waals surface area contributed by atoms with Crippen molar-refractivity contribution in [3.8, 4) is 33.4 Å². The van der Waals surface area contributed by atoms with Gasteiger partial charge in [0.1, 0.15) is 0 Å². The molecule has 2 heterocycles. The fourth-order valence-corrected chi connectivity index (χ4v) is 5.13. The Morgan fingerprint density at radius 2 is 1.32 bits per heavy atom. The van der Waals surface area contributed by atoms with Gasteiger partial charge in [-0.2, -0.15) is 0 Å². The van der Waals surface area contributed by atoms with Crippen LogP contribution in [0.2, 0.25) is 0 Å². The van der Waals surface area contributed by atoms with Crippen LogP contribution in [-0.2, 0) is 0 Å². The van der Waals surface area contributed by atoms with Crippen molar-refractivity contribution in [1.29, 1.82) is 0 Å². The molecule has 0 atom stereocenters. The van der Waals surface area contributed by atoms with E-state index in [0.29, 0.717) is 0 Å². The van der Waals surface area contributed by atoms with Crippen molar-refractivity contribution in [2.45, 2.75) is 0 Å². The van der Waals surface area contributed by atoms with E-state index in [4.69, 9.17) is 0 Å². The Morgan fingerprint density at radius 1 is 0.645 bits per heavy atom. The van der Waals surface area contributed by atoms with Crippen LogP contribution in [0, 0.1) is 0 Å². The van der Waals surface area contributed by atoms with Gasteiger partial charge in [0.15, 0.2) is 0 Å². The molecule has 0 radical (unpaired) electrons. The molecule has 0 amide bonds. The minimum Gasteiger partial charge on any atom is -0.382 e. The van der Waals surface area contributed by atoms with Gasteiger partial charge >= 0.3 is 6.85 Å². The van der Waals surface area contributed by atoms with Gasteiger partial charge in [-0.3, -0.25) is 0 Å². The molecule has 4 aromatic rings. The number of nitrogens with zero attached hydrogens (tertiary/aromatic N) is 1. The summed E-state index contributed by atoms with van der Waals surface area (Å²) in [5.41, 5.74) is 10.2. The molecule has 0 N–H and O–H groups in total. The maximum absolute atomic E-state index is 3.68. The first-order valence-corrected chi connectivity index (χ1v) is 11.3. The Balaban J connectivity index is 1.70. The molecule has 4 aromatic carbocycles. The Hall–Kier alpha value is -3.30. The lowest BCUT2D eigenvalue weighted by molar-refractivity contribution is 1.35. The van der Waals surface area contributed by atoms with E-state index < -0.39 is 0 Å². The maximum Gasteiger partial charge on any atom is 0.320 e. The zero-order valence-corrected chi connectivity index (χ0v) is 18.5. The third-order valence-corrected chi connectivity index (χ3v) is 6.60. The number of allylic oxidation sites excluding steroid dienone is 2. The van der Waals surface area contributed by atoms with Crippen LogP contribution in [0.5, 0.6) is 0 Å². The third kappa shape index (κ3) is 3.08. The highest BCUT2D eigenvalue weighted by molar-refractivity contribution is 9.11. The fraction of sp³-hybridized carbons (Fsp3) is 0. The van der Waals surface area contributed by atoms with Crippen molar-refractivity contribution < 1.29 is 0 Å². The highest BCUT2D eigenvalue weighted by Gasteiger charge is 2.35. The molecule has 6 rings (SSSR count). The van der Waals surface area contributed by atoms with Crippen LogP contribution >= 0.6 is 15.9 Å². The summed E-state index contributed by atoms with van der Waals surface area (Å²) in [5, 5.41) is 0. The predicted molar refractivity (Wildman–Crippen MR) is 137 cm³/mol. The van der Waals surface area contributed by atoms with Crippen molar-refractivity contribution in [2.24, 2.45) is 0 Å². The van der Waals surface area contributed by atoms with E-state index in [0.717, 1.165) is 4.48 Å². The Bertz CT molecular complexity index is 1340. The molecule has 2 aliphatic rings. The van der Waals surface area contributed by atoms with Crippen molar-refractivity contribution >= 4 is 33.9 Å². The standard InChI is InChI=1S/C28H19BBrN/c30-23-15-16-29-26-18-22(20-9-3-1-4-10-20)17-25(21-11-5-2-6-12-21)28(26)24-13-7-8-14-27(24)31(29)19-23/h1-19H. The number of para-hydroxylation sites is 1. The monoisotopic (exact) mass is 459 g/mol. The second-order valence-corrected chi connectivity index (χ2v) is 8.88. The average molecular weight is 460 g/mol. The summed E-state index contributed by atoms with van der Waals surface area (Å²) in [5.74, 6) is 2.29. The number of hydrogen-bond acceptors (Lipinski definition) is 1. The summed E-state index contributed by atoms with van der Waals surface area (Å²) < 4.78 is 1.09. The van der Waals surface area contributed by atoms with E-state index in [1.165, 1.54) is 44.5 Å². The normalized spacial score (nSPS) is 13.9. The van der Waals surface area contributed by atoms with Crippen molar-refractivity contribution in [3.05, 3.63) is 120 Å². The molecular formula is C28H19BBrN. The van der Waals surface area contributed by atoms with Gasteiger partial charge in [-0.15, -0.1) is 0 Å². The fourth-order valence-electron chi connectivity index (χ4n) is 4.76. The second kappa shape index (κ2) is 7.44. The lowest BCUT2D eigenvalue weighted by atomic mass is 9.49. The topological polar surface area (TPSA) is 3.24 Å². The van der Waals surface area contributed by atoms with Crippen molar-refractivity contribution in [1.82, 2.24) is 0 Å². The van der Waals surface area contributed by atoms with E-state index in [9.17, 15) is 0 Å². The summed E-state index contributed by atoms with van der Waals surface area (Å²) >= 11 is 3.68. The molecular weight excluding hydrogens is 441 g/mol. The quantitative estimate of drug-likeness (QED) is 0.290. The SMILES string of the molecule is BrC1=CN2B(C=C1)c1cc(-c3ccccc3)cc(-c3ccccc3)c1-c1ccccc12. The van der Waals surface area contributed by atoms with Crippen LogP contribution in [0.15, 0.2) is 120 Å². The van der Waals surface area contributed by atoms with E-state index in [-0.39, 0.29) is 6.85 Å². The third-order valence-electron chi connectivity index (χ3n) is 6.13. The van der Waals surface area contributed by atoms with Crippen LogP contribution in [-0.4, -0.2) is 6.85 Å². The molecule has 0 saturated heterocycles. The smallest absolute Gasteiger partial charge is 0.320 e. The van der Waals surface area contributed by atoms with Crippen LogP contribution in [0.25, 0.3) is 33.4 Å².